The van der Waals surface area contributed by atoms with Gasteiger partial charge < -0.3 is 20.5 Å². The second-order valence-corrected chi connectivity index (χ2v) is 6.97. The van der Waals surface area contributed by atoms with E-state index in [2.05, 4.69) is 20.6 Å². The standard InChI is InChI=1S/C20H27N5O2/c1-3-17(19-21-13-14(2)22-19)24-20(27)23-16-8-6-15(7-9-16)12-18(26)25-10-4-5-11-25/h6-9,13,17H,3-5,10-12H2,1-2H3,(H,21,22)(H2,23,24,27)/t17-/m1/s1. The summed E-state index contributed by atoms with van der Waals surface area (Å²) in [6.07, 6.45) is 5.08. The third-order valence-corrected chi connectivity index (χ3v) is 4.79. The monoisotopic (exact) mass is 369 g/mol. The Kier molecular flexibility index (Phi) is 6.11. The second kappa shape index (κ2) is 8.70. The van der Waals surface area contributed by atoms with E-state index in [-0.39, 0.29) is 18.0 Å². The van der Waals surface area contributed by atoms with Gasteiger partial charge in [0.2, 0.25) is 5.91 Å². The van der Waals surface area contributed by atoms with Gasteiger partial charge in [0.15, 0.2) is 0 Å². The molecule has 1 saturated heterocycles. The number of hydrogen-bond acceptors (Lipinski definition) is 3. The average molecular weight is 369 g/mol. The summed E-state index contributed by atoms with van der Waals surface area (Å²) < 4.78 is 0. The van der Waals surface area contributed by atoms with Crippen molar-refractivity contribution in [2.75, 3.05) is 18.4 Å². The lowest BCUT2D eigenvalue weighted by atomic mass is 10.1. The van der Waals surface area contributed by atoms with Gasteiger partial charge in [0.05, 0.1) is 12.5 Å². The van der Waals surface area contributed by atoms with E-state index in [1.54, 1.807) is 6.20 Å². The van der Waals surface area contributed by atoms with E-state index in [1.165, 1.54) is 0 Å². The Morgan fingerprint density at radius 1 is 1.22 bits per heavy atom. The molecule has 27 heavy (non-hydrogen) atoms. The number of imidazole rings is 1. The summed E-state index contributed by atoms with van der Waals surface area (Å²) in [4.78, 5) is 33.8. The van der Waals surface area contributed by atoms with Crippen molar-refractivity contribution < 1.29 is 9.59 Å². The Labute approximate surface area is 159 Å². The largest absolute Gasteiger partial charge is 0.344 e. The number of urea groups is 1. The van der Waals surface area contributed by atoms with Crippen LogP contribution >= 0.6 is 0 Å². The molecule has 7 nitrogen and oxygen atoms in total. The van der Waals surface area contributed by atoms with Crippen molar-refractivity contribution in [2.45, 2.75) is 45.6 Å². The minimum atomic E-state index is -0.281. The van der Waals surface area contributed by atoms with E-state index >= 15 is 0 Å². The van der Waals surface area contributed by atoms with E-state index in [4.69, 9.17) is 0 Å². The van der Waals surface area contributed by atoms with E-state index in [0.29, 0.717) is 12.1 Å². The zero-order chi connectivity index (χ0) is 19.2. The number of hydrogen-bond donors (Lipinski definition) is 3. The lowest BCUT2D eigenvalue weighted by Crippen LogP contribution is -2.32. The summed E-state index contributed by atoms with van der Waals surface area (Å²) in [6, 6.07) is 6.97. The first kappa shape index (κ1) is 18.9. The fourth-order valence-electron chi connectivity index (χ4n) is 3.26. The molecule has 3 amide bonds. The van der Waals surface area contributed by atoms with E-state index in [1.807, 2.05) is 43.0 Å². The van der Waals surface area contributed by atoms with Crippen LogP contribution in [0.15, 0.2) is 30.5 Å². The number of carbonyl (C=O) groups excluding carboxylic acids is 2. The first-order valence-corrected chi connectivity index (χ1v) is 9.51. The molecule has 0 aliphatic carbocycles. The molecule has 2 heterocycles. The highest BCUT2D eigenvalue weighted by atomic mass is 16.2. The number of aromatic nitrogens is 2. The molecule has 3 rings (SSSR count). The number of H-pyrrole nitrogens is 1. The highest BCUT2D eigenvalue weighted by Gasteiger charge is 2.18. The van der Waals surface area contributed by atoms with Gasteiger partial charge in [-0.3, -0.25) is 4.79 Å². The number of rotatable bonds is 6. The van der Waals surface area contributed by atoms with Gasteiger partial charge in [0.1, 0.15) is 5.82 Å². The van der Waals surface area contributed by atoms with E-state index in [0.717, 1.165) is 49.4 Å². The van der Waals surface area contributed by atoms with Gasteiger partial charge in [0.25, 0.3) is 0 Å². The normalized spacial score (nSPS) is 14.8. The first-order valence-electron chi connectivity index (χ1n) is 9.51. The number of nitrogens with zero attached hydrogens (tertiary/aromatic N) is 2. The molecule has 3 N–H and O–H groups in total. The number of likely N-dealkylation sites (tertiary alicyclic amines) is 1. The number of carbonyl (C=O) groups is 2. The molecule has 7 heteroatoms. The SMILES string of the molecule is CC[C@@H](NC(=O)Nc1ccc(CC(=O)N2CCCC2)cc1)c1ncc(C)[nH]1. The van der Waals surface area contributed by atoms with Crippen LogP contribution in [0.4, 0.5) is 10.5 Å². The van der Waals surface area contributed by atoms with Crippen LogP contribution < -0.4 is 10.6 Å². The molecule has 0 saturated carbocycles. The third kappa shape index (κ3) is 5.09. The number of benzene rings is 1. The molecule has 0 radical (unpaired) electrons. The fourth-order valence-corrected chi connectivity index (χ4v) is 3.26. The molecule has 0 spiro atoms. The Hall–Kier alpha value is -2.83. The molecule has 2 aromatic rings. The number of anilines is 1. The number of aryl methyl sites for hydroxylation is 1. The average Bonchev–Trinajstić information content (AvgIpc) is 3.33. The van der Waals surface area contributed by atoms with Crippen molar-refractivity contribution in [1.29, 1.82) is 0 Å². The predicted octanol–water partition coefficient (Wildman–Crippen LogP) is 3.16. The lowest BCUT2D eigenvalue weighted by Gasteiger charge is -2.16. The van der Waals surface area contributed by atoms with Crippen LogP contribution in [0, 0.1) is 6.92 Å². The lowest BCUT2D eigenvalue weighted by molar-refractivity contribution is -0.129. The van der Waals surface area contributed by atoms with Gasteiger partial charge in [-0.1, -0.05) is 19.1 Å². The second-order valence-electron chi connectivity index (χ2n) is 6.97. The first-order chi connectivity index (χ1) is 13.0. The van der Waals surface area contributed by atoms with Crippen LogP contribution in [0.5, 0.6) is 0 Å². The summed E-state index contributed by atoms with van der Waals surface area (Å²) in [6.45, 7) is 5.66. The number of aromatic amines is 1. The van der Waals surface area contributed by atoms with Crippen molar-refractivity contribution >= 4 is 17.6 Å². The minimum absolute atomic E-state index is 0.170. The van der Waals surface area contributed by atoms with Gasteiger partial charge in [-0.2, -0.15) is 0 Å². The molecule has 1 fully saturated rings. The molecule has 144 valence electrons. The molecular weight excluding hydrogens is 342 g/mol. The van der Waals surface area contributed by atoms with Crippen molar-refractivity contribution in [3.63, 3.8) is 0 Å². The maximum Gasteiger partial charge on any atom is 0.319 e. The van der Waals surface area contributed by atoms with Crippen LogP contribution in [0.25, 0.3) is 0 Å². The topological polar surface area (TPSA) is 90.1 Å². The maximum atomic E-state index is 12.3. The summed E-state index contributed by atoms with van der Waals surface area (Å²) in [5.41, 5.74) is 2.61. The highest BCUT2D eigenvalue weighted by molar-refractivity contribution is 5.89. The van der Waals surface area contributed by atoms with E-state index < -0.39 is 0 Å². The van der Waals surface area contributed by atoms with Gasteiger partial charge in [-0.05, 0) is 43.9 Å². The highest BCUT2D eigenvalue weighted by Crippen LogP contribution is 2.15. The van der Waals surface area contributed by atoms with Gasteiger partial charge in [0, 0.05) is 30.7 Å². The van der Waals surface area contributed by atoms with Gasteiger partial charge in [-0.25, -0.2) is 9.78 Å². The van der Waals surface area contributed by atoms with Crippen LogP contribution in [0.3, 0.4) is 0 Å². The molecule has 1 aliphatic heterocycles. The summed E-state index contributed by atoms with van der Waals surface area (Å²) >= 11 is 0. The van der Waals surface area contributed by atoms with Crippen LogP contribution in [0.1, 0.15) is 49.3 Å². The predicted molar refractivity (Wildman–Crippen MR) is 104 cm³/mol. The summed E-state index contributed by atoms with van der Waals surface area (Å²) in [7, 11) is 0. The van der Waals surface area contributed by atoms with Crippen molar-refractivity contribution in [1.82, 2.24) is 20.2 Å². The smallest absolute Gasteiger partial charge is 0.319 e. The zero-order valence-electron chi connectivity index (χ0n) is 15.9. The molecular formula is C20H27N5O2. The Morgan fingerprint density at radius 2 is 1.93 bits per heavy atom. The van der Waals surface area contributed by atoms with Crippen molar-refractivity contribution in [3.8, 4) is 0 Å². The summed E-state index contributed by atoms with van der Waals surface area (Å²) in [5.74, 6) is 0.923. The Morgan fingerprint density at radius 3 is 2.52 bits per heavy atom. The summed E-state index contributed by atoms with van der Waals surface area (Å²) in [5, 5.41) is 5.76. The number of amides is 3. The van der Waals surface area contributed by atoms with Crippen molar-refractivity contribution in [2.24, 2.45) is 0 Å². The third-order valence-electron chi connectivity index (χ3n) is 4.79. The van der Waals surface area contributed by atoms with Crippen LogP contribution in [-0.4, -0.2) is 39.9 Å². The van der Waals surface area contributed by atoms with Gasteiger partial charge >= 0.3 is 6.03 Å². The van der Waals surface area contributed by atoms with E-state index in [9.17, 15) is 9.59 Å². The minimum Gasteiger partial charge on any atom is -0.344 e. The maximum absolute atomic E-state index is 12.3. The molecule has 1 aromatic carbocycles. The zero-order valence-corrected chi connectivity index (χ0v) is 15.9. The quantitative estimate of drug-likeness (QED) is 0.730. The molecule has 0 unspecified atom stereocenters. The fraction of sp³-hybridized carbons (Fsp3) is 0.450. The van der Waals surface area contributed by atoms with Crippen LogP contribution in [0.2, 0.25) is 0 Å². The molecule has 0 bridgehead atoms. The van der Waals surface area contributed by atoms with Crippen LogP contribution in [-0.2, 0) is 11.2 Å². The van der Waals surface area contributed by atoms with Gasteiger partial charge in [-0.15, -0.1) is 0 Å². The molecule has 1 atom stereocenters. The Bertz CT molecular complexity index is 778. The number of nitrogens with one attached hydrogen (secondary N) is 3. The van der Waals surface area contributed by atoms with Crippen molar-refractivity contribution in [3.05, 3.63) is 47.5 Å². The molecule has 1 aromatic heterocycles. The Balaban J connectivity index is 1.52. The molecule has 1 aliphatic rings.